The van der Waals surface area contributed by atoms with Gasteiger partial charge < -0.3 is 14.6 Å². The fraction of sp³-hybridized carbons (Fsp3) is 0.333. The third kappa shape index (κ3) is 5.91. The summed E-state index contributed by atoms with van der Waals surface area (Å²) in [4.78, 5) is 27.9. The number of aryl methyl sites for hydroxylation is 1. The normalized spacial score (nSPS) is 11.8. The lowest BCUT2D eigenvalue weighted by Crippen LogP contribution is -2.30. The van der Waals surface area contributed by atoms with Gasteiger partial charge in [0.25, 0.3) is 5.91 Å². The lowest BCUT2D eigenvalue weighted by atomic mass is 10.3. The van der Waals surface area contributed by atoms with E-state index in [1.54, 1.807) is 25.1 Å². The van der Waals surface area contributed by atoms with Crippen LogP contribution in [0.2, 0.25) is 10.0 Å². The van der Waals surface area contributed by atoms with Crippen molar-refractivity contribution in [2.24, 2.45) is 0 Å². The van der Waals surface area contributed by atoms with E-state index in [2.05, 4.69) is 15.5 Å². The zero-order chi connectivity index (χ0) is 18.4. The first-order valence-corrected chi connectivity index (χ1v) is 9.09. The van der Waals surface area contributed by atoms with Crippen LogP contribution in [0.1, 0.15) is 18.6 Å². The number of nitrogens with zero attached hydrogens (tertiary/aromatic N) is 2. The van der Waals surface area contributed by atoms with Gasteiger partial charge in [-0.05, 0) is 19.1 Å². The van der Waals surface area contributed by atoms with Crippen molar-refractivity contribution >= 4 is 52.5 Å². The van der Waals surface area contributed by atoms with Gasteiger partial charge >= 0.3 is 5.97 Å². The molecule has 2 rings (SSSR count). The number of hydrogen-bond acceptors (Lipinski definition) is 7. The third-order valence-electron chi connectivity index (χ3n) is 2.91. The number of esters is 1. The van der Waals surface area contributed by atoms with Crippen molar-refractivity contribution in [2.45, 2.75) is 25.7 Å². The molecule has 0 spiro atoms. The van der Waals surface area contributed by atoms with Gasteiger partial charge in [0.2, 0.25) is 5.89 Å². The predicted molar refractivity (Wildman–Crippen MR) is 95.8 cm³/mol. The zero-order valence-electron chi connectivity index (χ0n) is 13.4. The molecule has 0 bridgehead atoms. The van der Waals surface area contributed by atoms with E-state index < -0.39 is 18.0 Å². The number of carbonyl (C=O) groups excluding carboxylic acids is 2. The summed E-state index contributed by atoms with van der Waals surface area (Å²) in [7, 11) is 0. The minimum atomic E-state index is -0.976. The number of nitrogens with one attached hydrogen (secondary N) is 1. The lowest BCUT2D eigenvalue weighted by Gasteiger charge is -2.14. The average molecular weight is 404 g/mol. The monoisotopic (exact) mass is 403 g/mol. The highest BCUT2D eigenvalue weighted by Crippen LogP contribution is 2.29. The Labute approximate surface area is 158 Å². The summed E-state index contributed by atoms with van der Waals surface area (Å²) in [5, 5.41) is 6.83. The average Bonchev–Trinajstić information content (AvgIpc) is 2.97. The van der Waals surface area contributed by atoms with E-state index in [0.29, 0.717) is 28.2 Å². The number of rotatable bonds is 7. The molecule has 1 aromatic heterocycles. The van der Waals surface area contributed by atoms with Gasteiger partial charge in [0.05, 0.1) is 27.2 Å². The molecule has 25 heavy (non-hydrogen) atoms. The summed E-state index contributed by atoms with van der Waals surface area (Å²) >= 11 is 13.1. The van der Waals surface area contributed by atoms with Crippen LogP contribution >= 0.6 is 35.0 Å². The van der Waals surface area contributed by atoms with Crippen molar-refractivity contribution in [1.82, 2.24) is 10.1 Å². The fourth-order valence-electron chi connectivity index (χ4n) is 1.74. The van der Waals surface area contributed by atoms with Gasteiger partial charge in [-0.1, -0.05) is 34.4 Å². The van der Waals surface area contributed by atoms with Crippen LogP contribution in [0.15, 0.2) is 22.7 Å². The van der Waals surface area contributed by atoms with Crippen molar-refractivity contribution in [2.75, 3.05) is 11.1 Å². The number of carbonyl (C=O) groups is 2. The number of anilines is 1. The summed E-state index contributed by atoms with van der Waals surface area (Å²) in [6.45, 7) is 3.15. The molecule has 0 saturated carbocycles. The molecule has 0 aliphatic carbocycles. The van der Waals surface area contributed by atoms with Crippen LogP contribution in [0, 0.1) is 6.92 Å². The van der Waals surface area contributed by atoms with Gasteiger partial charge in [0.1, 0.15) is 0 Å². The van der Waals surface area contributed by atoms with Crippen LogP contribution < -0.4 is 5.32 Å². The maximum absolute atomic E-state index is 12.1. The SMILES string of the molecule is Cc1nc(CSCC(=O)OC(C)C(=O)Nc2cccc(Cl)c2Cl)no1. The van der Waals surface area contributed by atoms with E-state index in [1.165, 1.54) is 18.7 Å². The number of halogens is 2. The van der Waals surface area contributed by atoms with Crippen molar-refractivity contribution in [1.29, 1.82) is 0 Å². The zero-order valence-corrected chi connectivity index (χ0v) is 15.7. The molecule has 0 fully saturated rings. The van der Waals surface area contributed by atoms with Gasteiger partial charge in [0, 0.05) is 6.92 Å². The van der Waals surface area contributed by atoms with Crippen molar-refractivity contribution < 1.29 is 18.8 Å². The Hall–Kier alpha value is -1.77. The first-order valence-electron chi connectivity index (χ1n) is 7.18. The van der Waals surface area contributed by atoms with Crippen LogP contribution in [0.25, 0.3) is 0 Å². The molecule has 1 N–H and O–H groups in total. The topological polar surface area (TPSA) is 94.3 Å². The Bertz CT molecular complexity index is 769. The quantitative estimate of drug-likeness (QED) is 0.706. The van der Waals surface area contributed by atoms with Crippen molar-refractivity contribution in [3.8, 4) is 0 Å². The molecule has 134 valence electrons. The molecule has 0 aliphatic heterocycles. The summed E-state index contributed by atoms with van der Waals surface area (Å²) < 4.78 is 9.91. The number of amides is 1. The predicted octanol–water partition coefficient (Wildman–Crippen LogP) is 3.49. The van der Waals surface area contributed by atoms with Crippen LogP contribution in [0.3, 0.4) is 0 Å². The molecule has 0 aliphatic rings. The number of hydrogen-bond donors (Lipinski definition) is 1. The standard InChI is InChI=1S/C15H15Cl2N3O4S/c1-8(15(22)19-11-5-3-4-10(16)14(11)17)23-13(21)7-25-6-12-18-9(2)24-20-12/h3-5,8H,6-7H2,1-2H3,(H,19,22). The second kappa shape index (κ2) is 9.07. The molecule has 1 aromatic carbocycles. The Morgan fingerprint density at radius 3 is 2.84 bits per heavy atom. The Kier molecular flexibility index (Phi) is 7.10. The highest BCUT2D eigenvalue weighted by Gasteiger charge is 2.19. The number of ether oxygens (including phenoxy) is 1. The van der Waals surface area contributed by atoms with E-state index in [-0.39, 0.29) is 10.8 Å². The maximum Gasteiger partial charge on any atom is 0.316 e. The molecule has 1 atom stereocenters. The molecule has 2 aromatic rings. The van der Waals surface area contributed by atoms with Crippen LogP contribution in [-0.4, -0.2) is 33.9 Å². The molecular formula is C15H15Cl2N3O4S. The van der Waals surface area contributed by atoms with Crippen LogP contribution in [0.4, 0.5) is 5.69 Å². The number of thioether (sulfide) groups is 1. The first-order chi connectivity index (χ1) is 11.9. The lowest BCUT2D eigenvalue weighted by molar-refractivity contribution is -0.150. The minimum Gasteiger partial charge on any atom is -0.452 e. The van der Waals surface area contributed by atoms with Gasteiger partial charge in [-0.2, -0.15) is 4.98 Å². The summed E-state index contributed by atoms with van der Waals surface area (Å²) in [5.41, 5.74) is 0.351. The molecule has 10 heteroatoms. The number of aromatic nitrogens is 2. The highest BCUT2D eigenvalue weighted by atomic mass is 35.5. The van der Waals surface area contributed by atoms with Gasteiger partial charge in [-0.3, -0.25) is 9.59 Å². The van der Waals surface area contributed by atoms with Gasteiger partial charge in [0.15, 0.2) is 11.9 Å². The largest absolute Gasteiger partial charge is 0.452 e. The molecule has 1 heterocycles. The molecule has 1 unspecified atom stereocenters. The highest BCUT2D eigenvalue weighted by molar-refractivity contribution is 7.99. The van der Waals surface area contributed by atoms with E-state index >= 15 is 0 Å². The number of benzene rings is 1. The van der Waals surface area contributed by atoms with Crippen molar-refractivity contribution in [3.63, 3.8) is 0 Å². The Morgan fingerprint density at radius 2 is 2.16 bits per heavy atom. The summed E-state index contributed by atoms with van der Waals surface area (Å²) in [6, 6.07) is 4.85. The summed E-state index contributed by atoms with van der Waals surface area (Å²) in [5.74, 6) is 0.398. The first kappa shape index (κ1) is 19.6. The van der Waals surface area contributed by atoms with Crippen LogP contribution in [-0.2, 0) is 20.1 Å². The Balaban J connectivity index is 1.77. The summed E-state index contributed by atoms with van der Waals surface area (Å²) in [6.07, 6.45) is -0.976. The van der Waals surface area contributed by atoms with Gasteiger partial charge in [-0.25, -0.2) is 0 Å². The van der Waals surface area contributed by atoms with E-state index in [1.807, 2.05) is 0 Å². The molecule has 1 amide bonds. The smallest absolute Gasteiger partial charge is 0.316 e. The minimum absolute atomic E-state index is 0.0587. The van der Waals surface area contributed by atoms with Crippen molar-refractivity contribution in [3.05, 3.63) is 40.0 Å². The molecule has 7 nitrogen and oxygen atoms in total. The Morgan fingerprint density at radius 1 is 1.40 bits per heavy atom. The second-order valence-corrected chi connectivity index (χ2v) is 6.72. The van der Waals surface area contributed by atoms with E-state index in [4.69, 9.17) is 32.5 Å². The van der Waals surface area contributed by atoms with Crippen LogP contribution in [0.5, 0.6) is 0 Å². The van der Waals surface area contributed by atoms with Gasteiger partial charge in [-0.15, -0.1) is 11.8 Å². The third-order valence-corrected chi connectivity index (χ3v) is 4.63. The van der Waals surface area contributed by atoms with E-state index in [0.717, 1.165) is 0 Å². The molecule has 0 saturated heterocycles. The maximum atomic E-state index is 12.1. The second-order valence-electron chi connectivity index (χ2n) is 4.95. The van der Waals surface area contributed by atoms with E-state index in [9.17, 15) is 9.59 Å². The fourth-order valence-corrected chi connectivity index (χ4v) is 2.73. The molecule has 0 radical (unpaired) electrons. The molecular weight excluding hydrogens is 389 g/mol.